The molecule has 1 saturated heterocycles. The van der Waals surface area contributed by atoms with E-state index in [0.29, 0.717) is 23.2 Å². The highest BCUT2D eigenvalue weighted by Gasteiger charge is 2.26. The lowest BCUT2D eigenvalue weighted by molar-refractivity contribution is 0.190. The van der Waals surface area contributed by atoms with E-state index in [-0.39, 0.29) is 6.04 Å². The average molecular weight is 312 g/mol. The molecule has 1 aliphatic heterocycles. The van der Waals surface area contributed by atoms with Crippen LogP contribution in [-0.4, -0.2) is 51.9 Å². The minimum absolute atomic E-state index is 0.103. The second-order valence-electron chi connectivity index (χ2n) is 5.48. The van der Waals surface area contributed by atoms with Crippen molar-refractivity contribution in [3.63, 3.8) is 0 Å². The van der Waals surface area contributed by atoms with E-state index in [0.717, 1.165) is 25.2 Å². The Morgan fingerprint density at radius 3 is 3.09 bits per heavy atom. The lowest BCUT2D eigenvalue weighted by Gasteiger charge is -2.30. The smallest absolute Gasteiger partial charge is 0.280 e. The molecule has 118 valence electrons. The van der Waals surface area contributed by atoms with E-state index in [9.17, 15) is 0 Å². The van der Waals surface area contributed by atoms with Crippen molar-refractivity contribution in [1.82, 2.24) is 30.5 Å². The van der Waals surface area contributed by atoms with E-state index < -0.39 is 0 Å². The highest BCUT2D eigenvalue weighted by Crippen LogP contribution is 2.26. The first-order valence-electron chi connectivity index (χ1n) is 7.43. The third kappa shape index (κ3) is 2.73. The van der Waals surface area contributed by atoms with Crippen molar-refractivity contribution < 1.29 is 9.05 Å². The molecule has 0 aliphatic carbocycles. The minimum atomic E-state index is 0.103. The van der Waals surface area contributed by atoms with Gasteiger partial charge >= 0.3 is 0 Å². The molecule has 1 atom stereocenters. The van der Waals surface area contributed by atoms with Crippen LogP contribution in [0.15, 0.2) is 39.6 Å². The van der Waals surface area contributed by atoms with E-state index >= 15 is 0 Å². The standard InChI is InChI=1S/C15H16N6O2/c1-21-6-5-17-9-12(21)14-18-15(23-20-14)11-7-13(22-19-11)10-3-2-4-16-8-10/h2-4,7-8,12,17H,5-6,9H2,1H3. The SMILES string of the molecule is CN1CCNCC1c1noc(-c2cc(-c3cccnc3)on2)n1. The van der Waals surface area contributed by atoms with Gasteiger partial charge < -0.3 is 14.4 Å². The summed E-state index contributed by atoms with van der Waals surface area (Å²) in [6.45, 7) is 2.72. The fourth-order valence-electron chi connectivity index (χ4n) is 2.59. The summed E-state index contributed by atoms with van der Waals surface area (Å²) in [7, 11) is 2.05. The molecule has 1 unspecified atom stereocenters. The van der Waals surface area contributed by atoms with Crippen LogP contribution in [0.25, 0.3) is 22.9 Å². The highest BCUT2D eigenvalue weighted by molar-refractivity contribution is 5.61. The van der Waals surface area contributed by atoms with Crippen molar-refractivity contribution in [1.29, 1.82) is 0 Å². The second-order valence-corrected chi connectivity index (χ2v) is 5.48. The predicted molar refractivity (Wildman–Crippen MR) is 81.3 cm³/mol. The summed E-state index contributed by atoms with van der Waals surface area (Å²) in [6, 6.07) is 5.62. The molecule has 3 aromatic rings. The van der Waals surface area contributed by atoms with E-state index in [4.69, 9.17) is 9.05 Å². The van der Waals surface area contributed by atoms with Gasteiger partial charge in [-0.25, -0.2) is 0 Å². The topological polar surface area (TPSA) is 93.1 Å². The Labute approximate surface area is 132 Å². The molecule has 8 heteroatoms. The summed E-state index contributed by atoms with van der Waals surface area (Å²) < 4.78 is 10.7. The van der Waals surface area contributed by atoms with Gasteiger partial charge in [0.25, 0.3) is 5.89 Å². The van der Waals surface area contributed by atoms with Crippen LogP contribution in [0.4, 0.5) is 0 Å². The van der Waals surface area contributed by atoms with Gasteiger partial charge in [0.05, 0.1) is 6.04 Å². The predicted octanol–water partition coefficient (Wildman–Crippen LogP) is 1.36. The Balaban J connectivity index is 1.59. The van der Waals surface area contributed by atoms with Crippen LogP contribution in [0.2, 0.25) is 0 Å². The summed E-state index contributed by atoms with van der Waals surface area (Å²) in [6.07, 6.45) is 3.42. The molecule has 0 spiro atoms. The van der Waals surface area contributed by atoms with Crippen LogP contribution in [0.5, 0.6) is 0 Å². The van der Waals surface area contributed by atoms with Crippen molar-refractivity contribution in [3.8, 4) is 22.9 Å². The normalized spacial score (nSPS) is 19.1. The number of nitrogens with one attached hydrogen (secondary N) is 1. The number of aromatic nitrogens is 4. The molecule has 0 amide bonds. The van der Waals surface area contributed by atoms with Crippen LogP contribution in [0.3, 0.4) is 0 Å². The molecule has 0 bridgehead atoms. The van der Waals surface area contributed by atoms with Gasteiger partial charge in [0.15, 0.2) is 17.3 Å². The van der Waals surface area contributed by atoms with Crippen LogP contribution < -0.4 is 5.32 Å². The largest absolute Gasteiger partial charge is 0.355 e. The third-order valence-electron chi connectivity index (χ3n) is 3.93. The van der Waals surface area contributed by atoms with Gasteiger partial charge in [-0.05, 0) is 19.2 Å². The molecule has 4 heterocycles. The molecular weight excluding hydrogens is 296 g/mol. The first kappa shape index (κ1) is 14.0. The highest BCUT2D eigenvalue weighted by atomic mass is 16.5. The number of rotatable bonds is 3. The third-order valence-corrected chi connectivity index (χ3v) is 3.93. The van der Waals surface area contributed by atoms with E-state index in [1.54, 1.807) is 18.5 Å². The van der Waals surface area contributed by atoms with E-state index in [1.807, 2.05) is 12.1 Å². The van der Waals surface area contributed by atoms with Gasteiger partial charge in [0.2, 0.25) is 0 Å². The van der Waals surface area contributed by atoms with Crippen LogP contribution in [0.1, 0.15) is 11.9 Å². The average Bonchev–Trinajstić information content (AvgIpc) is 3.25. The molecule has 0 radical (unpaired) electrons. The Morgan fingerprint density at radius 1 is 1.30 bits per heavy atom. The second kappa shape index (κ2) is 5.90. The zero-order chi connectivity index (χ0) is 15.6. The lowest BCUT2D eigenvalue weighted by Crippen LogP contribution is -2.44. The van der Waals surface area contributed by atoms with Crippen molar-refractivity contribution in [3.05, 3.63) is 36.4 Å². The Morgan fingerprint density at radius 2 is 2.26 bits per heavy atom. The van der Waals surface area contributed by atoms with Gasteiger partial charge in [0, 0.05) is 43.7 Å². The number of hydrogen-bond acceptors (Lipinski definition) is 8. The van der Waals surface area contributed by atoms with Gasteiger partial charge in [-0.15, -0.1) is 0 Å². The summed E-state index contributed by atoms with van der Waals surface area (Å²) in [5.74, 6) is 1.63. The number of piperazine rings is 1. The van der Waals surface area contributed by atoms with E-state index in [2.05, 4.69) is 37.5 Å². The molecule has 8 nitrogen and oxygen atoms in total. The maximum Gasteiger partial charge on any atom is 0.280 e. The van der Waals surface area contributed by atoms with Crippen LogP contribution in [-0.2, 0) is 0 Å². The first-order chi connectivity index (χ1) is 11.3. The molecule has 1 aliphatic rings. The van der Waals surface area contributed by atoms with E-state index in [1.165, 1.54) is 0 Å². The molecule has 0 aromatic carbocycles. The molecule has 1 N–H and O–H groups in total. The van der Waals surface area contributed by atoms with Gasteiger partial charge in [-0.3, -0.25) is 9.88 Å². The van der Waals surface area contributed by atoms with Crippen molar-refractivity contribution in [2.45, 2.75) is 6.04 Å². The van der Waals surface area contributed by atoms with Gasteiger partial charge in [-0.2, -0.15) is 4.98 Å². The van der Waals surface area contributed by atoms with Crippen LogP contribution >= 0.6 is 0 Å². The summed E-state index contributed by atoms with van der Waals surface area (Å²) in [4.78, 5) is 10.7. The molecule has 3 aromatic heterocycles. The Kier molecular flexibility index (Phi) is 3.60. The fraction of sp³-hybridized carbons (Fsp3) is 0.333. The monoisotopic (exact) mass is 312 g/mol. The molecule has 0 saturated carbocycles. The number of pyridine rings is 1. The molecule has 23 heavy (non-hydrogen) atoms. The maximum atomic E-state index is 5.35. The first-order valence-corrected chi connectivity index (χ1v) is 7.43. The number of likely N-dealkylation sites (N-methyl/N-ethyl adjacent to an activating group) is 1. The van der Waals surface area contributed by atoms with Crippen molar-refractivity contribution in [2.24, 2.45) is 0 Å². The van der Waals surface area contributed by atoms with Crippen LogP contribution in [0, 0.1) is 0 Å². The molecule has 1 fully saturated rings. The number of nitrogens with zero attached hydrogens (tertiary/aromatic N) is 5. The Hall–Kier alpha value is -2.58. The summed E-state index contributed by atoms with van der Waals surface area (Å²) in [5.41, 5.74) is 1.37. The zero-order valence-electron chi connectivity index (χ0n) is 12.6. The quantitative estimate of drug-likeness (QED) is 0.775. The minimum Gasteiger partial charge on any atom is -0.355 e. The lowest BCUT2D eigenvalue weighted by atomic mass is 10.2. The molecule has 4 rings (SSSR count). The van der Waals surface area contributed by atoms with Crippen molar-refractivity contribution >= 4 is 0 Å². The summed E-state index contributed by atoms with van der Waals surface area (Å²) in [5, 5.41) is 11.4. The summed E-state index contributed by atoms with van der Waals surface area (Å²) >= 11 is 0. The number of hydrogen-bond donors (Lipinski definition) is 1. The van der Waals surface area contributed by atoms with Crippen molar-refractivity contribution in [2.75, 3.05) is 26.7 Å². The zero-order valence-corrected chi connectivity index (χ0v) is 12.6. The van der Waals surface area contributed by atoms with Gasteiger partial charge in [-0.1, -0.05) is 10.3 Å². The fourth-order valence-corrected chi connectivity index (χ4v) is 2.59. The molecular formula is C15H16N6O2. The maximum absolute atomic E-state index is 5.35. The Bertz CT molecular complexity index is 784. The van der Waals surface area contributed by atoms with Gasteiger partial charge in [0.1, 0.15) is 0 Å².